The first-order valence-electron chi connectivity index (χ1n) is 5.28. The standard InChI is InChI=1S/C12H18FNOS/c1-4-14-11(8-16-3)9-5-6-12(15-2)10(13)7-9/h5-7,11,14H,4,8H2,1-3H3. The lowest BCUT2D eigenvalue weighted by atomic mass is 10.1. The predicted molar refractivity (Wildman–Crippen MR) is 67.8 cm³/mol. The predicted octanol–water partition coefficient (Wildman–Crippen LogP) is 2.85. The van der Waals surface area contributed by atoms with Crippen molar-refractivity contribution < 1.29 is 9.13 Å². The summed E-state index contributed by atoms with van der Waals surface area (Å²) in [6.45, 7) is 2.92. The first-order valence-corrected chi connectivity index (χ1v) is 6.68. The van der Waals surface area contributed by atoms with Crippen LogP contribution in [0.1, 0.15) is 18.5 Å². The summed E-state index contributed by atoms with van der Waals surface area (Å²) in [5.74, 6) is 0.923. The minimum atomic E-state index is -0.302. The topological polar surface area (TPSA) is 21.3 Å². The molecule has 90 valence electrons. The average Bonchev–Trinajstić information content (AvgIpc) is 2.28. The molecule has 0 aliphatic rings. The number of ether oxygens (including phenoxy) is 1. The first-order chi connectivity index (χ1) is 7.72. The van der Waals surface area contributed by atoms with Crippen molar-refractivity contribution in [3.8, 4) is 5.75 Å². The quantitative estimate of drug-likeness (QED) is 0.830. The van der Waals surface area contributed by atoms with Gasteiger partial charge >= 0.3 is 0 Å². The maximum absolute atomic E-state index is 13.5. The fourth-order valence-corrected chi connectivity index (χ4v) is 2.23. The molecule has 16 heavy (non-hydrogen) atoms. The van der Waals surface area contributed by atoms with Crippen molar-refractivity contribution in [1.29, 1.82) is 0 Å². The fourth-order valence-electron chi connectivity index (χ4n) is 1.59. The second kappa shape index (κ2) is 6.76. The number of nitrogens with one attached hydrogen (secondary N) is 1. The molecule has 0 aromatic heterocycles. The summed E-state index contributed by atoms with van der Waals surface area (Å²) in [7, 11) is 1.47. The molecule has 0 aliphatic heterocycles. The van der Waals surface area contributed by atoms with Gasteiger partial charge in [-0.25, -0.2) is 4.39 Å². The van der Waals surface area contributed by atoms with Crippen LogP contribution < -0.4 is 10.1 Å². The maximum atomic E-state index is 13.5. The molecular weight excluding hydrogens is 225 g/mol. The molecule has 1 N–H and O–H groups in total. The zero-order valence-corrected chi connectivity index (χ0v) is 10.7. The molecule has 0 saturated carbocycles. The summed E-state index contributed by atoms with van der Waals surface area (Å²) in [5.41, 5.74) is 0.967. The summed E-state index contributed by atoms with van der Waals surface area (Å²) < 4.78 is 18.4. The molecule has 1 atom stereocenters. The Balaban J connectivity index is 2.87. The fraction of sp³-hybridized carbons (Fsp3) is 0.500. The van der Waals surface area contributed by atoms with Gasteiger partial charge in [0.05, 0.1) is 7.11 Å². The summed E-state index contributed by atoms with van der Waals surface area (Å²) in [4.78, 5) is 0. The molecule has 2 nitrogen and oxygen atoms in total. The number of benzene rings is 1. The van der Waals surface area contributed by atoms with E-state index in [4.69, 9.17) is 4.74 Å². The molecule has 0 heterocycles. The Kier molecular flexibility index (Phi) is 5.63. The zero-order chi connectivity index (χ0) is 12.0. The highest BCUT2D eigenvalue weighted by Gasteiger charge is 2.12. The minimum Gasteiger partial charge on any atom is -0.494 e. The monoisotopic (exact) mass is 243 g/mol. The highest BCUT2D eigenvalue weighted by atomic mass is 32.2. The lowest BCUT2D eigenvalue weighted by Gasteiger charge is -2.17. The Morgan fingerprint density at radius 1 is 1.50 bits per heavy atom. The lowest BCUT2D eigenvalue weighted by Crippen LogP contribution is -2.23. The van der Waals surface area contributed by atoms with Crippen molar-refractivity contribution >= 4 is 11.8 Å². The summed E-state index contributed by atoms with van der Waals surface area (Å²) >= 11 is 1.74. The van der Waals surface area contributed by atoms with Crippen molar-refractivity contribution in [3.05, 3.63) is 29.6 Å². The molecule has 0 radical (unpaired) electrons. The second-order valence-electron chi connectivity index (χ2n) is 3.46. The molecular formula is C12H18FNOS. The highest BCUT2D eigenvalue weighted by molar-refractivity contribution is 7.98. The van der Waals surface area contributed by atoms with E-state index in [1.54, 1.807) is 23.9 Å². The average molecular weight is 243 g/mol. The van der Waals surface area contributed by atoms with Gasteiger partial charge in [-0.3, -0.25) is 0 Å². The van der Waals surface area contributed by atoms with E-state index in [1.807, 2.05) is 19.2 Å². The molecule has 0 fully saturated rings. The molecule has 1 rings (SSSR count). The molecule has 0 bridgehead atoms. The number of methoxy groups -OCH3 is 1. The minimum absolute atomic E-state index is 0.195. The molecule has 1 aromatic rings. The summed E-state index contributed by atoms with van der Waals surface area (Å²) in [6, 6.07) is 5.32. The molecule has 0 amide bonds. The molecule has 4 heteroatoms. The number of thioether (sulfide) groups is 1. The Morgan fingerprint density at radius 2 is 2.25 bits per heavy atom. The molecule has 0 saturated heterocycles. The summed E-state index contributed by atoms with van der Waals surface area (Å²) in [6.07, 6.45) is 2.05. The van der Waals surface area contributed by atoms with Crippen LogP contribution in [-0.4, -0.2) is 25.7 Å². The van der Waals surface area contributed by atoms with Crippen molar-refractivity contribution in [2.24, 2.45) is 0 Å². The third-order valence-corrected chi connectivity index (χ3v) is 3.03. The van der Waals surface area contributed by atoms with Gasteiger partial charge < -0.3 is 10.1 Å². The molecule has 1 aromatic carbocycles. The van der Waals surface area contributed by atoms with Gasteiger partial charge in [-0.05, 0) is 30.5 Å². The van der Waals surface area contributed by atoms with E-state index < -0.39 is 0 Å². The van der Waals surface area contributed by atoms with E-state index in [-0.39, 0.29) is 11.9 Å². The molecule has 0 aliphatic carbocycles. The highest BCUT2D eigenvalue weighted by Crippen LogP contribution is 2.23. The third kappa shape index (κ3) is 3.39. The number of rotatable bonds is 6. The zero-order valence-electron chi connectivity index (χ0n) is 9.92. The normalized spacial score (nSPS) is 12.5. The Labute approximate surface area is 101 Å². The number of hydrogen-bond acceptors (Lipinski definition) is 3. The third-order valence-electron chi connectivity index (χ3n) is 2.36. The van der Waals surface area contributed by atoms with Crippen LogP contribution in [0.3, 0.4) is 0 Å². The van der Waals surface area contributed by atoms with Crippen LogP contribution in [0.5, 0.6) is 5.75 Å². The van der Waals surface area contributed by atoms with Crippen LogP contribution in [0.4, 0.5) is 4.39 Å². The van der Waals surface area contributed by atoms with E-state index in [2.05, 4.69) is 5.32 Å². The van der Waals surface area contributed by atoms with Crippen LogP contribution in [0, 0.1) is 5.82 Å². The van der Waals surface area contributed by atoms with Crippen LogP contribution in [0.25, 0.3) is 0 Å². The Morgan fingerprint density at radius 3 is 2.75 bits per heavy atom. The number of hydrogen-bond donors (Lipinski definition) is 1. The molecule has 1 unspecified atom stereocenters. The van der Waals surface area contributed by atoms with Gasteiger partial charge in [-0.2, -0.15) is 11.8 Å². The van der Waals surface area contributed by atoms with Crippen molar-refractivity contribution in [1.82, 2.24) is 5.32 Å². The smallest absolute Gasteiger partial charge is 0.165 e. The summed E-state index contributed by atoms with van der Waals surface area (Å²) in [5, 5.41) is 3.34. The van der Waals surface area contributed by atoms with E-state index in [0.717, 1.165) is 17.9 Å². The van der Waals surface area contributed by atoms with Crippen molar-refractivity contribution in [2.75, 3.05) is 25.7 Å². The maximum Gasteiger partial charge on any atom is 0.165 e. The van der Waals surface area contributed by atoms with Crippen LogP contribution in [-0.2, 0) is 0 Å². The first kappa shape index (κ1) is 13.3. The van der Waals surface area contributed by atoms with Gasteiger partial charge in [0.2, 0.25) is 0 Å². The van der Waals surface area contributed by atoms with Gasteiger partial charge in [0, 0.05) is 11.8 Å². The van der Waals surface area contributed by atoms with E-state index in [9.17, 15) is 4.39 Å². The second-order valence-corrected chi connectivity index (χ2v) is 4.37. The van der Waals surface area contributed by atoms with Crippen LogP contribution in [0.15, 0.2) is 18.2 Å². The molecule has 0 spiro atoms. The van der Waals surface area contributed by atoms with Crippen molar-refractivity contribution in [2.45, 2.75) is 13.0 Å². The number of halogens is 1. The van der Waals surface area contributed by atoms with E-state index in [1.165, 1.54) is 7.11 Å². The van der Waals surface area contributed by atoms with E-state index >= 15 is 0 Å². The van der Waals surface area contributed by atoms with Gasteiger partial charge in [0.1, 0.15) is 0 Å². The van der Waals surface area contributed by atoms with Gasteiger partial charge in [-0.1, -0.05) is 13.0 Å². The van der Waals surface area contributed by atoms with Crippen LogP contribution >= 0.6 is 11.8 Å². The van der Waals surface area contributed by atoms with Crippen LogP contribution in [0.2, 0.25) is 0 Å². The van der Waals surface area contributed by atoms with Crippen molar-refractivity contribution in [3.63, 3.8) is 0 Å². The Hall–Kier alpha value is -0.740. The Bertz CT molecular complexity index is 327. The van der Waals surface area contributed by atoms with Gasteiger partial charge in [0.25, 0.3) is 0 Å². The SMILES string of the molecule is CCNC(CSC)c1ccc(OC)c(F)c1. The van der Waals surface area contributed by atoms with E-state index in [0.29, 0.717) is 5.75 Å². The largest absolute Gasteiger partial charge is 0.494 e. The lowest BCUT2D eigenvalue weighted by molar-refractivity contribution is 0.385. The van der Waals surface area contributed by atoms with Gasteiger partial charge in [-0.15, -0.1) is 0 Å². The van der Waals surface area contributed by atoms with Gasteiger partial charge in [0.15, 0.2) is 11.6 Å².